The smallest absolute Gasteiger partial charge is 0.340 e. The standard InChI is InChI=1S/C22H21F3N4O3S/c1-11-4-5-14(19(31)29(11)10-22(23,24)25)27-18(30)15-7-12-8-21(9-16(12)33-15)13-3-2-6-26-17(13)28-20(21)32/h2-3,6-7,11,14H,4-5,8-10H2,1H3,(H,27,30)(H,26,28,32)/t11-,14+,21-/m0/s1. The summed E-state index contributed by atoms with van der Waals surface area (Å²) in [5.74, 6) is -0.753. The van der Waals surface area contributed by atoms with Crippen molar-refractivity contribution < 1.29 is 27.6 Å². The molecule has 0 unspecified atom stereocenters. The summed E-state index contributed by atoms with van der Waals surface area (Å²) in [6.45, 7) is 0.251. The highest BCUT2D eigenvalue weighted by Gasteiger charge is 2.52. The second kappa shape index (κ2) is 7.54. The third-order valence-corrected chi connectivity index (χ3v) is 7.88. The lowest BCUT2D eigenvalue weighted by Gasteiger charge is -2.38. The highest BCUT2D eigenvalue weighted by molar-refractivity contribution is 7.14. The van der Waals surface area contributed by atoms with Gasteiger partial charge in [-0.2, -0.15) is 13.2 Å². The predicted octanol–water partition coefficient (Wildman–Crippen LogP) is 2.80. The highest BCUT2D eigenvalue weighted by Crippen LogP contribution is 2.48. The lowest BCUT2D eigenvalue weighted by molar-refractivity contribution is -0.169. The van der Waals surface area contributed by atoms with Crippen molar-refractivity contribution in [1.29, 1.82) is 0 Å². The van der Waals surface area contributed by atoms with Crippen LogP contribution in [-0.2, 0) is 27.8 Å². The number of nitrogens with zero attached hydrogens (tertiary/aromatic N) is 2. The molecule has 11 heteroatoms. The zero-order valence-electron chi connectivity index (χ0n) is 17.7. The fraction of sp³-hybridized carbons (Fsp3) is 0.455. The fourth-order valence-electron chi connectivity index (χ4n) is 5.03. The Balaban J connectivity index is 1.30. The number of fused-ring (bicyclic) bond motifs is 3. The van der Waals surface area contributed by atoms with E-state index in [1.165, 1.54) is 11.3 Å². The van der Waals surface area contributed by atoms with Crippen LogP contribution in [0.1, 0.15) is 45.4 Å². The van der Waals surface area contributed by atoms with Crippen LogP contribution >= 0.6 is 11.3 Å². The van der Waals surface area contributed by atoms with Crippen molar-refractivity contribution in [2.24, 2.45) is 0 Å². The molecule has 1 aliphatic carbocycles. The lowest BCUT2D eigenvalue weighted by Crippen LogP contribution is -2.57. The van der Waals surface area contributed by atoms with E-state index in [1.807, 2.05) is 6.07 Å². The highest BCUT2D eigenvalue weighted by atomic mass is 32.1. The summed E-state index contributed by atoms with van der Waals surface area (Å²) in [7, 11) is 0. The van der Waals surface area contributed by atoms with Gasteiger partial charge in [0, 0.05) is 29.1 Å². The average molecular weight is 478 g/mol. The van der Waals surface area contributed by atoms with E-state index in [0.29, 0.717) is 30.0 Å². The summed E-state index contributed by atoms with van der Waals surface area (Å²) in [6.07, 6.45) is -1.33. The summed E-state index contributed by atoms with van der Waals surface area (Å²) in [4.78, 5) is 44.5. The minimum atomic E-state index is -4.50. The maximum atomic E-state index is 12.9. The van der Waals surface area contributed by atoms with Crippen LogP contribution < -0.4 is 10.6 Å². The molecule has 2 N–H and O–H groups in total. The van der Waals surface area contributed by atoms with Gasteiger partial charge in [-0.25, -0.2) is 4.98 Å². The first-order chi connectivity index (χ1) is 15.6. The number of pyridine rings is 1. The molecule has 0 aromatic carbocycles. The van der Waals surface area contributed by atoms with Crippen LogP contribution in [0.25, 0.3) is 0 Å². The number of alkyl halides is 3. The number of likely N-dealkylation sites (tertiary alicyclic amines) is 1. The van der Waals surface area contributed by atoms with Gasteiger partial charge in [0.25, 0.3) is 5.91 Å². The zero-order chi connectivity index (χ0) is 23.5. The van der Waals surface area contributed by atoms with Crippen molar-refractivity contribution in [3.63, 3.8) is 0 Å². The van der Waals surface area contributed by atoms with Crippen LogP contribution in [0.15, 0.2) is 24.4 Å². The Morgan fingerprint density at radius 3 is 2.85 bits per heavy atom. The Morgan fingerprint density at radius 2 is 2.12 bits per heavy atom. The Labute approximate surface area is 191 Å². The minimum Gasteiger partial charge on any atom is -0.340 e. The second-order valence-electron chi connectivity index (χ2n) is 8.88. The Morgan fingerprint density at radius 1 is 1.33 bits per heavy atom. The van der Waals surface area contributed by atoms with E-state index in [2.05, 4.69) is 15.6 Å². The van der Waals surface area contributed by atoms with Crippen molar-refractivity contribution in [3.05, 3.63) is 45.3 Å². The molecule has 3 atom stereocenters. The van der Waals surface area contributed by atoms with Crippen molar-refractivity contribution in [1.82, 2.24) is 15.2 Å². The number of thiophene rings is 1. The molecular formula is C22H21F3N4O3S. The van der Waals surface area contributed by atoms with Crippen molar-refractivity contribution in [3.8, 4) is 0 Å². The molecule has 5 rings (SSSR count). The Kier molecular flexibility index (Phi) is 5.00. The van der Waals surface area contributed by atoms with Gasteiger partial charge in [0.05, 0.1) is 10.3 Å². The van der Waals surface area contributed by atoms with Crippen LogP contribution in [-0.4, -0.2) is 52.4 Å². The van der Waals surface area contributed by atoms with Crippen LogP contribution in [0, 0.1) is 0 Å². The van der Waals surface area contributed by atoms with Gasteiger partial charge in [-0.15, -0.1) is 11.3 Å². The number of rotatable bonds is 3. The lowest BCUT2D eigenvalue weighted by atomic mass is 9.80. The van der Waals surface area contributed by atoms with Gasteiger partial charge < -0.3 is 15.5 Å². The van der Waals surface area contributed by atoms with E-state index in [1.54, 1.807) is 25.3 Å². The maximum Gasteiger partial charge on any atom is 0.406 e. The van der Waals surface area contributed by atoms with Gasteiger partial charge in [-0.05, 0) is 43.9 Å². The number of carbonyl (C=O) groups excluding carboxylic acids is 3. The molecule has 3 aliphatic rings. The molecule has 2 aromatic rings. The van der Waals surface area contributed by atoms with E-state index in [-0.39, 0.29) is 12.3 Å². The summed E-state index contributed by atoms with van der Waals surface area (Å²) in [5.41, 5.74) is 1.00. The quantitative estimate of drug-likeness (QED) is 0.710. The number of amides is 3. The van der Waals surface area contributed by atoms with Crippen LogP contribution in [0.5, 0.6) is 0 Å². The Hall–Kier alpha value is -2.95. The normalized spacial score (nSPS) is 26.4. The molecule has 174 valence electrons. The molecule has 1 saturated heterocycles. The number of anilines is 1. The monoisotopic (exact) mass is 478 g/mol. The third-order valence-electron chi connectivity index (χ3n) is 6.71. The number of nitrogens with one attached hydrogen (secondary N) is 2. The summed E-state index contributed by atoms with van der Waals surface area (Å²) in [6, 6.07) is 3.86. The summed E-state index contributed by atoms with van der Waals surface area (Å²) < 4.78 is 38.6. The molecule has 0 bridgehead atoms. The molecule has 33 heavy (non-hydrogen) atoms. The van der Waals surface area contributed by atoms with E-state index in [0.717, 1.165) is 20.9 Å². The fourth-order valence-corrected chi connectivity index (χ4v) is 6.22. The number of carbonyl (C=O) groups is 3. The first kappa shape index (κ1) is 21.9. The van der Waals surface area contributed by atoms with Crippen molar-refractivity contribution in [2.45, 2.75) is 56.3 Å². The topological polar surface area (TPSA) is 91.4 Å². The minimum absolute atomic E-state index is 0.114. The van der Waals surface area contributed by atoms with Crippen molar-refractivity contribution >= 4 is 34.9 Å². The van der Waals surface area contributed by atoms with E-state index < -0.39 is 42.0 Å². The Bertz CT molecular complexity index is 1140. The average Bonchev–Trinajstić information content (AvgIpc) is 3.38. The number of halogens is 3. The van der Waals surface area contributed by atoms with Crippen LogP contribution in [0.4, 0.5) is 19.0 Å². The first-order valence-corrected chi connectivity index (χ1v) is 11.5. The maximum absolute atomic E-state index is 12.9. The SMILES string of the molecule is C[C@H]1CC[C@@H](NC(=O)c2cc3c(s2)C[C@]2(C3)C(=O)Nc3ncccc32)C(=O)N1CC(F)(F)F. The van der Waals surface area contributed by atoms with E-state index >= 15 is 0 Å². The molecule has 7 nitrogen and oxygen atoms in total. The van der Waals surface area contributed by atoms with Gasteiger partial charge in [0.1, 0.15) is 18.4 Å². The number of hydrogen-bond donors (Lipinski definition) is 2. The van der Waals surface area contributed by atoms with Gasteiger partial charge in [-0.1, -0.05) is 6.07 Å². The van der Waals surface area contributed by atoms with E-state index in [4.69, 9.17) is 0 Å². The van der Waals surface area contributed by atoms with Crippen molar-refractivity contribution in [2.75, 3.05) is 11.9 Å². The summed E-state index contributed by atoms with van der Waals surface area (Å²) in [5, 5.41) is 5.45. The summed E-state index contributed by atoms with van der Waals surface area (Å²) >= 11 is 1.25. The molecule has 4 heterocycles. The molecular weight excluding hydrogens is 457 g/mol. The molecule has 1 fully saturated rings. The zero-order valence-corrected chi connectivity index (χ0v) is 18.5. The van der Waals surface area contributed by atoms with Gasteiger partial charge >= 0.3 is 6.18 Å². The molecule has 0 saturated carbocycles. The van der Waals surface area contributed by atoms with Gasteiger partial charge in [-0.3, -0.25) is 14.4 Å². The largest absolute Gasteiger partial charge is 0.406 e. The number of hydrogen-bond acceptors (Lipinski definition) is 5. The third kappa shape index (κ3) is 3.68. The molecule has 2 aliphatic heterocycles. The van der Waals surface area contributed by atoms with Crippen LogP contribution in [0.3, 0.4) is 0 Å². The van der Waals surface area contributed by atoms with Gasteiger partial charge in [0.15, 0.2) is 0 Å². The van der Waals surface area contributed by atoms with Gasteiger partial charge in [0.2, 0.25) is 11.8 Å². The second-order valence-corrected chi connectivity index (χ2v) is 10.0. The molecule has 1 spiro atoms. The molecule has 0 radical (unpaired) electrons. The number of aromatic nitrogens is 1. The van der Waals surface area contributed by atoms with Crippen LogP contribution in [0.2, 0.25) is 0 Å². The first-order valence-electron chi connectivity index (χ1n) is 10.6. The molecule has 3 amide bonds. The molecule has 2 aromatic heterocycles. The van der Waals surface area contributed by atoms with E-state index in [9.17, 15) is 27.6 Å². The number of piperidine rings is 1. The predicted molar refractivity (Wildman–Crippen MR) is 114 cm³/mol.